The van der Waals surface area contributed by atoms with Gasteiger partial charge in [0.05, 0.1) is 19.8 Å². The molecule has 0 unspecified atom stereocenters. The zero-order valence-electron chi connectivity index (χ0n) is 14.4. The van der Waals surface area contributed by atoms with Gasteiger partial charge in [-0.05, 0) is 31.4 Å². The molecule has 0 radical (unpaired) electrons. The summed E-state index contributed by atoms with van der Waals surface area (Å²) in [6.45, 7) is 2.72. The maximum atomic E-state index is 11.6. The molecule has 2 rings (SSSR count). The molecule has 6 nitrogen and oxygen atoms in total. The average molecular weight is 357 g/mol. The maximum Gasteiger partial charge on any atom is 0.348 e. The van der Waals surface area contributed by atoms with Crippen molar-refractivity contribution in [1.29, 1.82) is 0 Å². The molecule has 2 atom stereocenters. The molecule has 7 heteroatoms. The van der Waals surface area contributed by atoms with E-state index in [1.54, 1.807) is 13.2 Å². The SMILES string of the molecule is COCCC[C@@]1(CO)CN(Cc2ccc(C(=O)OC)s2)CC[C@H]1O. The number of hydrogen-bond donors (Lipinski definition) is 2. The fraction of sp³-hybridized carbons (Fsp3) is 0.706. The van der Waals surface area contributed by atoms with Crippen molar-refractivity contribution in [3.8, 4) is 0 Å². The minimum absolute atomic E-state index is 0.0355. The monoisotopic (exact) mass is 357 g/mol. The fourth-order valence-electron chi connectivity index (χ4n) is 3.32. The van der Waals surface area contributed by atoms with Crippen LogP contribution >= 0.6 is 11.3 Å². The zero-order valence-corrected chi connectivity index (χ0v) is 15.2. The lowest BCUT2D eigenvalue weighted by Crippen LogP contribution is -2.53. The highest BCUT2D eigenvalue weighted by atomic mass is 32.1. The Kier molecular flexibility index (Phi) is 7.18. The van der Waals surface area contributed by atoms with Gasteiger partial charge in [-0.1, -0.05) is 0 Å². The van der Waals surface area contributed by atoms with E-state index in [0.29, 0.717) is 31.0 Å². The first-order valence-corrected chi connectivity index (χ1v) is 9.03. The van der Waals surface area contributed by atoms with Gasteiger partial charge in [0, 0.05) is 43.6 Å². The molecule has 1 aromatic rings. The van der Waals surface area contributed by atoms with E-state index in [2.05, 4.69) is 4.90 Å². The Morgan fingerprint density at radius 1 is 1.46 bits per heavy atom. The molecule has 1 aliphatic heterocycles. The lowest BCUT2D eigenvalue weighted by Gasteiger charge is -2.45. The maximum absolute atomic E-state index is 11.6. The van der Waals surface area contributed by atoms with E-state index in [-0.39, 0.29) is 12.6 Å². The van der Waals surface area contributed by atoms with Crippen LogP contribution in [0.4, 0.5) is 0 Å². The number of aliphatic hydroxyl groups excluding tert-OH is 2. The van der Waals surface area contributed by atoms with Crippen LogP contribution in [0.3, 0.4) is 0 Å². The van der Waals surface area contributed by atoms with Crippen molar-refractivity contribution < 1.29 is 24.5 Å². The van der Waals surface area contributed by atoms with E-state index in [0.717, 1.165) is 24.3 Å². The van der Waals surface area contributed by atoms with Crippen molar-refractivity contribution in [3.05, 3.63) is 21.9 Å². The van der Waals surface area contributed by atoms with Crippen LogP contribution < -0.4 is 0 Å². The van der Waals surface area contributed by atoms with Gasteiger partial charge >= 0.3 is 5.97 Å². The summed E-state index contributed by atoms with van der Waals surface area (Å²) in [6.07, 6.45) is 1.69. The van der Waals surface area contributed by atoms with Crippen molar-refractivity contribution in [1.82, 2.24) is 4.90 Å². The number of nitrogens with zero attached hydrogens (tertiary/aromatic N) is 1. The molecule has 1 aliphatic rings. The lowest BCUT2D eigenvalue weighted by molar-refractivity contribution is -0.0841. The van der Waals surface area contributed by atoms with Crippen molar-refractivity contribution in [2.45, 2.75) is 31.9 Å². The molecule has 2 N–H and O–H groups in total. The number of methoxy groups -OCH3 is 2. The number of hydrogen-bond acceptors (Lipinski definition) is 7. The fourth-order valence-corrected chi connectivity index (χ4v) is 4.29. The molecule has 136 valence electrons. The number of likely N-dealkylation sites (tertiary alicyclic amines) is 1. The van der Waals surface area contributed by atoms with Crippen molar-refractivity contribution in [3.63, 3.8) is 0 Å². The topological polar surface area (TPSA) is 79.2 Å². The van der Waals surface area contributed by atoms with Gasteiger partial charge in [-0.15, -0.1) is 11.3 Å². The van der Waals surface area contributed by atoms with Crippen LogP contribution in [0.15, 0.2) is 12.1 Å². The van der Waals surface area contributed by atoms with Gasteiger partial charge in [-0.2, -0.15) is 0 Å². The lowest BCUT2D eigenvalue weighted by atomic mass is 9.74. The third-order valence-electron chi connectivity index (χ3n) is 4.73. The standard InChI is InChI=1S/C17H27NO5S/c1-22-9-3-7-17(12-19)11-18(8-6-15(17)20)10-13-4-5-14(24-13)16(21)23-2/h4-5,15,19-20H,3,6-12H2,1-2H3/t15-,17+/m1/s1. The predicted molar refractivity (Wildman–Crippen MR) is 92.2 cm³/mol. The first-order valence-electron chi connectivity index (χ1n) is 8.22. The second-order valence-corrected chi connectivity index (χ2v) is 7.56. The van der Waals surface area contributed by atoms with Gasteiger partial charge in [0.2, 0.25) is 0 Å². The van der Waals surface area contributed by atoms with E-state index in [4.69, 9.17) is 9.47 Å². The molecule has 0 aromatic carbocycles. The summed E-state index contributed by atoms with van der Waals surface area (Å²) in [5.74, 6) is -0.315. The Hall–Kier alpha value is -0.990. The predicted octanol–water partition coefficient (Wildman–Crippen LogP) is 1.51. The van der Waals surface area contributed by atoms with E-state index in [1.807, 2.05) is 6.07 Å². The molecular weight excluding hydrogens is 330 g/mol. The summed E-state index contributed by atoms with van der Waals surface area (Å²) in [7, 11) is 3.04. The number of esters is 1. The molecule has 24 heavy (non-hydrogen) atoms. The molecule has 1 saturated heterocycles. The highest BCUT2D eigenvalue weighted by molar-refractivity contribution is 7.13. The number of carbonyl (C=O) groups excluding carboxylic acids is 1. The molecule has 0 bridgehead atoms. The van der Waals surface area contributed by atoms with Crippen LogP contribution in [0.25, 0.3) is 0 Å². The van der Waals surface area contributed by atoms with Crippen LogP contribution in [0.5, 0.6) is 0 Å². The molecule has 0 amide bonds. The van der Waals surface area contributed by atoms with E-state index in [9.17, 15) is 15.0 Å². The molecule has 1 fully saturated rings. The Morgan fingerprint density at radius 2 is 2.25 bits per heavy atom. The summed E-state index contributed by atoms with van der Waals surface area (Å²) in [5.41, 5.74) is -0.501. The van der Waals surface area contributed by atoms with Gasteiger partial charge in [-0.25, -0.2) is 4.79 Å². The summed E-state index contributed by atoms with van der Waals surface area (Å²) in [5, 5.41) is 20.3. The summed E-state index contributed by atoms with van der Waals surface area (Å²) in [6, 6.07) is 3.72. The van der Waals surface area contributed by atoms with Gasteiger partial charge < -0.3 is 19.7 Å². The smallest absolute Gasteiger partial charge is 0.348 e. The van der Waals surface area contributed by atoms with Crippen LogP contribution in [0.2, 0.25) is 0 Å². The van der Waals surface area contributed by atoms with E-state index in [1.165, 1.54) is 18.4 Å². The van der Waals surface area contributed by atoms with E-state index >= 15 is 0 Å². The Morgan fingerprint density at radius 3 is 2.92 bits per heavy atom. The highest BCUT2D eigenvalue weighted by Crippen LogP contribution is 2.35. The molecular formula is C17H27NO5S. The second kappa shape index (κ2) is 8.92. The van der Waals surface area contributed by atoms with Crippen LogP contribution in [0, 0.1) is 5.41 Å². The zero-order chi connectivity index (χ0) is 17.6. The number of thiophene rings is 1. The summed E-state index contributed by atoms with van der Waals surface area (Å²) in [4.78, 5) is 15.5. The van der Waals surface area contributed by atoms with E-state index < -0.39 is 11.5 Å². The molecule has 1 aromatic heterocycles. The van der Waals surface area contributed by atoms with Crippen LogP contribution in [-0.4, -0.2) is 67.7 Å². The van der Waals surface area contributed by atoms with Gasteiger partial charge in [0.25, 0.3) is 0 Å². The molecule has 2 heterocycles. The number of piperidine rings is 1. The minimum Gasteiger partial charge on any atom is -0.465 e. The Labute approximate surface area is 147 Å². The summed E-state index contributed by atoms with van der Waals surface area (Å²) < 4.78 is 9.84. The van der Waals surface area contributed by atoms with Crippen LogP contribution in [-0.2, 0) is 16.0 Å². The Bertz CT molecular complexity index is 535. The number of rotatable bonds is 8. The number of ether oxygens (including phenoxy) is 2. The van der Waals surface area contributed by atoms with Crippen molar-refractivity contribution >= 4 is 17.3 Å². The first-order chi connectivity index (χ1) is 11.5. The quantitative estimate of drug-likeness (QED) is 0.542. The normalized spacial score (nSPS) is 24.9. The Balaban J connectivity index is 2.00. The van der Waals surface area contributed by atoms with Crippen LogP contribution in [0.1, 0.15) is 33.8 Å². The molecule has 0 spiro atoms. The largest absolute Gasteiger partial charge is 0.465 e. The third-order valence-corrected chi connectivity index (χ3v) is 5.78. The van der Waals surface area contributed by atoms with Gasteiger partial charge in [0.15, 0.2) is 0 Å². The number of aliphatic hydroxyl groups is 2. The first kappa shape index (κ1) is 19.3. The minimum atomic E-state index is -0.501. The highest BCUT2D eigenvalue weighted by Gasteiger charge is 2.41. The molecule has 0 saturated carbocycles. The summed E-state index contributed by atoms with van der Waals surface area (Å²) >= 11 is 1.43. The third kappa shape index (κ3) is 4.55. The average Bonchev–Trinajstić information content (AvgIpc) is 3.05. The molecule has 0 aliphatic carbocycles. The van der Waals surface area contributed by atoms with Crippen molar-refractivity contribution in [2.24, 2.45) is 5.41 Å². The van der Waals surface area contributed by atoms with Crippen molar-refractivity contribution in [2.75, 3.05) is 40.5 Å². The number of carbonyl (C=O) groups is 1. The second-order valence-electron chi connectivity index (χ2n) is 6.39. The van der Waals surface area contributed by atoms with Gasteiger partial charge in [0.1, 0.15) is 4.88 Å². The van der Waals surface area contributed by atoms with Gasteiger partial charge in [-0.3, -0.25) is 4.90 Å².